The van der Waals surface area contributed by atoms with Gasteiger partial charge in [-0.1, -0.05) is 12.1 Å². The van der Waals surface area contributed by atoms with E-state index in [1.54, 1.807) is 12.1 Å². The number of benzene rings is 1. The first-order chi connectivity index (χ1) is 8.90. The maximum Gasteiger partial charge on any atom is 0.262 e. The Morgan fingerprint density at radius 2 is 2.05 bits per heavy atom. The summed E-state index contributed by atoms with van der Waals surface area (Å²) < 4.78 is 27.6. The normalized spacial score (nSPS) is 11.3. The van der Waals surface area contributed by atoms with E-state index in [9.17, 15) is 8.42 Å². The minimum atomic E-state index is -3.68. The molecule has 0 saturated heterocycles. The molecule has 2 aromatic rings. The number of hydrogen-bond donors (Lipinski definition) is 2. The van der Waals surface area contributed by atoms with Crippen LogP contribution in [0.1, 0.15) is 5.56 Å². The molecule has 0 unspecified atom stereocenters. The summed E-state index contributed by atoms with van der Waals surface area (Å²) in [4.78, 5) is 3.85. The Hall–Kier alpha value is -1.60. The highest BCUT2D eigenvalue weighted by Crippen LogP contribution is 2.28. The number of anilines is 2. The monoisotopic (exact) mass is 341 g/mol. The summed E-state index contributed by atoms with van der Waals surface area (Å²) in [5.74, 6) is 0.159. The largest absolute Gasteiger partial charge is 0.384 e. The van der Waals surface area contributed by atoms with Crippen LogP contribution in [0, 0.1) is 6.92 Å². The van der Waals surface area contributed by atoms with Crippen LogP contribution in [-0.4, -0.2) is 13.4 Å². The van der Waals surface area contributed by atoms with Gasteiger partial charge in [0.2, 0.25) is 0 Å². The van der Waals surface area contributed by atoms with E-state index >= 15 is 0 Å². The maximum atomic E-state index is 12.2. The first kappa shape index (κ1) is 13.8. The lowest BCUT2D eigenvalue weighted by atomic mass is 10.2. The molecule has 0 saturated carbocycles. The number of nitrogen functional groups attached to an aromatic ring is 1. The van der Waals surface area contributed by atoms with Crippen molar-refractivity contribution in [1.29, 1.82) is 0 Å². The Morgan fingerprint density at radius 1 is 1.32 bits per heavy atom. The first-order valence-electron chi connectivity index (χ1n) is 5.39. The highest BCUT2D eigenvalue weighted by molar-refractivity contribution is 9.10. The van der Waals surface area contributed by atoms with E-state index in [0.717, 1.165) is 5.56 Å². The Bertz CT molecular complexity index is 717. The Balaban J connectivity index is 2.39. The van der Waals surface area contributed by atoms with E-state index in [-0.39, 0.29) is 10.7 Å². The predicted molar refractivity (Wildman–Crippen MR) is 78.3 cm³/mol. The van der Waals surface area contributed by atoms with E-state index in [4.69, 9.17) is 5.73 Å². The number of aryl methyl sites for hydroxylation is 1. The van der Waals surface area contributed by atoms with Crippen LogP contribution in [-0.2, 0) is 10.0 Å². The van der Waals surface area contributed by atoms with Gasteiger partial charge in [0.05, 0.1) is 10.6 Å². The van der Waals surface area contributed by atoms with Gasteiger partial charge >= 0.3 is 0 Å². The second-order valence-corrected chi connectivity index (χ2v) is 6.43. The van der Waals surface area contributed by atoms with Gasteiger partial charge in [0.1, 0.15) is 5.82 Å². The van der Waals surface area contributed by atoms with E-state index in [1.807, 2.05) is 13.0 Å². The molecule has 1 aromatic heterocycles. The molecule has 0 radical (unpaired) electrons. The zero-order valence-electron chi connectivity index (χ0n) is 10.1. The molecule has 0 atom stereocenters. The van der Waals surface area contributed by atoms with Crippen molar-refractivity contribution in [1.82, 2.24) is 4.98 Å². The second kappa shape index (κ2) is 5.18. The minimum Gasteiger partial charge on any atom is -0.384 e. The summed E-state index contributed by atoms with van der Waals surface area (Å²) in [7, 11) is -3.68. The number of pyridine rings is 1. The molecule has 1 heterocycles. The summed E-state index contributed by atoms with van der Waals surface area (Å²) >= 11 is 3.36. The average molecular weight is 342 g/mol. The van der Waals surface area contributed by atoms with E-state index in [2.05, 4.69) is 25.6 Å². The molecule has 0 aliphatic carbocycles. The highest BCUT2D eigenvalue weighted by Gasteiger charge is 2.16. The smallest absolute Gasteiger partial charge is 0.262 e. The SMILES string of the molecule is Cc1cccc(NS(=O)(=O)c2ccnc(N)c2)c1Br. The van der Waals surface area contributed by atoms with Crippen molar-refractivity contribution < 1.29 is 8.42 Å². The van der Waals surface area contributed by atoms with Crippen LogP contribution in [0.5, 0.6) is 0 Å². The number of nitrogens with two attached hydrogens (primary N) is 1. The molecule has 1 aromatic carbocycles. The molecule has 7 heteroatoms. The van der Waals surface area contributed by atoms with Gasteiger partial charge in [-0.15, -0.1) is 0 Å². The van der Waals surface area contributed by atoms with Crippen molar-refractivity contribution in [3.63, 3.8) is 0 Å². The van der Waals surface area contributed by atoms with Crippen LogP contribution in [0.15, 0.2) is 45.9 Å². The molecular weight excluding hydrogens is 330 g/mol. The summed E-state index contributed by atoms with van der Waals surface area (Å²) in [6, 6.07) is 8.04. The first-order valence-corrected chi connectivity index (χ1v) is 7.67. The Labute approximate surface area is 120 Å². The third-order valence-electron chi connectivity index (χ3n) is 2.50. The standard InChI is InChI=1S/C12H12BrN3O2S/c1-8-3-2-4-10(12(8)13)16-19(17,18)9-5-6-15-11(14)7-9/h2-7,16H,1H3,(H2,14,15). The van der Waals surface area contributed by atoms with Crippen LogP contribution in [0.3, 0.4) is 0 Å². The number of halogens is 1. The molecule has 0 fully saturated rings. The number of nitrogens with zero attached hydrogens (tertiary/aromatic N) is 1. The van der Waals surface area contributed by atoms with Gasteiger partial charge in [-0.3, -0.25) is 4.72 Å². The van der Waals surface area contributed by atoms with Crippen molar-refractivity contribution in [2.24, 2.45) is 0 Å². The predicted octanol–water partition coefficient (Wildman–Crippen LogP) is 2.54. The lowest BCUT2D eigenvalue weighted by molar-refractivity contribution is 0.601. The van der Waals surface area contributed by atoms with Gasteiger partial charge in [-0.2, -0.15) is 0 Å². The van der Waals surface area contributed by atoms with E-state index in [0.29, 0.717) is 10.2 Å². The van der Waals surface area contributed by atoms with Gasteiger partial charge in [-0.25, -0.2) is 13.4 Å². The van der Waals surface area contributed by atoms with Crippen molar-refractivity contribution in [2.45, 2.75) is 11.8 Å². The summed E-state index contributed by atoms with van der Waals surface area (Å²) in [5.41, 5.74) is 6.91. The quantitative estimate of drug-likeness (QED) is 0.898. The molecule has 100 valence electrons. The molecule has 0 spiro atoms. The highest BCUT2D eigenvalue weighted by atomic mass is 79.9. The Kier molecular flexibility index (Phi) is 3.77. The zero-order chi connectivity index (χ0) is 14.0. The summed E-state index contributed by atoms with van der Waals surface area (Å²) in [5, 5.41) is 0. The fourth-order valence-electron chi connectivity index (χ4n) is 1.53. The minimum absolute atomic E-state index is 0.0772. The third-order valence-corrected chi connectivity index (χ3v) is 4.91. The van der Waals surface area contributed by atoms with Gasteiger partial charge in [0.25, 0.3) is 10.0 Å². The number of sulfonamides is 1. The van der Waals surface area contributed by atoms with Gasteiger partial charge < -0.3 is 5.73 Å². The molecule has 5 nitrogen and oxygen atoms in total. The number of hydrogen-bond acceptors (Lipinski definition) is 4. The van der Waals surface area contributed by atoms with Gasteiger partial charge in [0.15, 0.2) is 0 Å². The fourth-order valence-corrected chi connectivity index (χ4v) is 3.11. The van der Waals surface area contributed by atoms with Crippen molar-refractivity contribution in [2.75, 3.05) is 10.5 Å². The van der Waals surface area contributed by atoms with Gasteiger partial charge in [-0.05, 0) is 40.5 Å². The van der Waals surface area contributed by atoms with Crippen molar-refractivity contribution in [3.8, 4) is 0 Å². The Morgan fingerprint density at radius 3 is 2.74 bits per heavy atom. The second-order valence-electron chi connectivity index (χ2n) is 3.96. The fraction of sp³-hybridized carbons (Fsp3) is 0.0833. The molecule has 0 aliphatic heterocycles. The zero-order valence-corrected chi connectivity index (χ0v) is 12.5. The molecule has 0 amide bonds. The van der Waals surface area contributed by atoms with Crippen LogP contribution < -0.4 is 10.5 Å². The number of aromatic nitrogens is 1. The average Bonchev–Trinajstić information content (AvgIpc) is 2.35. The molecule has 0 bridgehead atoms. The van der Waals surface area contributed by atoms with E-state index < -0.39 is 10.0 Å². The number of rotatable bonds is 3. The van der Waals surface area contributed by atoms with E-state index in [1.165, 1.54) is 18.3 Å². The molecule has 2 rings (SSSR count). The topological polar surface area (TPSA) is 85.1 Å². The van der Waals surface area contributed by atoms with Crippen LogP contribution in [0.25, 0.3) is 0 Å². The van der Waals surface area contributed by atoms with Crippen LogP contribution in [0.2, 0.25) is 0 Å². The molecular formula is C12H12BrN3O2S. The molecule has 0 aliphatic rings. The van der Waals surface area contributed by atoms with Gasteiger partial charge in [0, 0.05) is 16.7 Å². The lowest BCUT2D eigenvalue weighted by Gasteiger charge is -2.11. The summed E-state index contributed by atoms with van der Waals surface area (Å²) in [6.45, 7) is 1.88. The van der Waals surface area contributed by atoms with Crippen LogP contribution in [0.4, 0.5) is 11.5 Å². The lowest BCUT2D eigenvalue weighted by Crippen LogP contribution is -2.14. The molecule has 3 N–H and O–H groups in total. The van der Waals surface area contributed by atoms with Crippen LogP contribution >= 0.6 is 15.9 Å². The maximum absolute atomic E-state index is 12.2. The number of nitrogens with one attached hydrogen (secondary N) is 1. The molecule has 19 heavy (non-hydrogen) atoms. The summed E-state index contributed by atoms with van der Waals surface area (Å²) in [6.07, 6.45) is 1.36. The van der Waals surface area contributed by atoms with Crippen molar-refractivity contribution >= 4 is 37.5 Å². The van der Waals surface area contributed by atoms with Crippen molar-refractivity contribution in [3.05, 3.63) is 46.6 Å². The third kappa shape index (κ3) is 3.05.